The molecule has 0 aliphatic carbocycles. The molecule has 1 atom stereocenters. The number of fused-ring (bicyclic) bond motifs is 1. The van der Waals surface area contributed by atoms with E-state index in [1.165, 1.54) is 0 Å². The molecular formula is C17H15Cl2NO. The Morgan fingerprint density at radius 3 is 2.57 bits per heavy atom. The normalized spacial score (nSPS) is 12.7. The van der Waals surface area contributed by atoms with Crippen LogP contribution in [0.2, 0.25) is 10.2 Å². The van der Waals surface area contributed by atoms with Gasteiger partial charge in [-0.1, -0.05) is 48.0 Å². The standard InChI is InChI=1S/C17H15Cl2NO/c1-11(12-6-2-4-8-15(12)18)20-10-14-13-7-3-5-9-16(13)21-17(14)19/h2-9,11,20H,10H2,1H3. The average Bonchev–Trinajstić information content (AvgIpc) is 2.81. The van der Waals surface area contributed by atoms with E-state index in [9.17, 15) is 0 Å². The SMILES string of the molecule is CC(NCc1c(Cl)oc2ccccc12)c1ccccc1Cl. The van der Waals surface area contributed by atoms with Crippen LogP contribution in [0.15, 0.2) is 52.9 Å². The molecule has 0 saturated heterocycles. The van der Waals surface area contributed by atoms with Gasteiger partial charge in [0.2, 0.25) is 0 Å². The van der Waals surface area contributed by atoms with Crippen molar-refractivity contribution < 1.29 is 4.42 Å². The van der Waals surface area contributed by atoms with E-state index in [2.05, 4.69) is 12.2 Å². The van der Waals surface area contributed by atoms with E-state index in [1.807, 2.05) is 48.5 Å². The van der Waals surface area contributed by atoms with Crippen molar-refractivity contribution in [1.82, 2.24) is 5.32 Å². The Morgan fingerprint density at radius 1 is 1.05 bits per heavy atom. The second kappa shape index (κ2) is 6.10. The Labute approximate surface area is 133 Å². The minimum Gasteiger partial charge on any atom is -0.444 e. The van der Waals surface area contributed by atoms with Crippen LogP contribution in [-0.4, -0.2) is 0 Å². The summed E-state index contributed by atoms with van der Waals surface area (Å²) in [6.07, 6.45) is 0. The third-order valence-corrected chi connectivity index (χ3v) is 4.26. The van der Waals surface area contributed by atoms with Crippen LogP contribution in [0, 0.1) is 0 Å². The summed E-state index contributed by atoms with van der Waals surface area (Å²) in [6.45, 7) is 2.71. The van der Waals surface area contributed by atoms with Crippen LogP contribution in [0.5, 0.6) is 0 Å². The predicted octanol–water partition coefficient (Wildman–Crippen LogP) is 5.59. The van der Waals surface area contributed by atoms with E-state index in [0.29, 0.717) is 11.8 Å². The Kier molecular flexibility index (Phi) is 4.20. The molecule has 4 heteroatoms. The fourth-order valence-corrected chi connectivity index (χ4v) is 2.98. The second-order valence-electron chi connectivity index (χ2n) is 4.97. The van der Waals surface area contributed by atoms with E-state index >= 15 is 0 Å². The van der Waals surface area contributed by atoms with Crippen LogP contribution >= 0.6 is 23.2 Å². The van der Waals surface area contributed by atoms with Crippen molar-refractivity contribution >= 4 is 34.2 Å². The van der Waals surface area contributed by atoms with Crippen LogP contribution in [0.4, 0.5) is 0 Å². The summed E-state index contributed by atoms with van der Waals surface area (Å²) in [5.74, 6) is 0. The van der Waals surface area contributed by atoms with E-state index in [-0.39, 0.29) is 6.04 Å². The molecule has 21 heavy (non-hydrogen) atoms. The molecule has 3 rings (SSSR count). The van der Waals surface area contributed by atoms with Gasteiger partial charge in [-0.05, 0) is 36.2 Å². The van der Waals surface area contributed by atoms with Gasteiger partial charge in [0.15, 0.2) is 5.22 Å². The summed E-state index contributed by atoms with van der Waals surface area (Å²) in [5.41, 5.74) is 2.86. The maximum absolute atomic E-state index is 6.22. The molecule has 1 heterocycles. The Balaban J connectivity index is 1.81. The summed E-state index contributed by atoms with van der Waals surface area (Å²) >= 11 is 12.4. The number of benzene rings is 2. The molecular weight excluding hydrogens is 305 g/mol. The van der Waals surface area contributed by atoms with Crippen molar-refractivity contribution in [1.29, 1.82) is 0 Å². The van der Waals surface area contributed by atoms with Crippen molar-refractivity contribution in [2.75, 3.05) is 0 Å². The largest absolute Gasteiger partial charge is 0.444 e. The first-order chi connectivity index (χ1) is 10.2. The number of halogens is 2. The average molecular weight is 320 g/mol. The number of hydrogen-bond donors (Lipinski definition) is 1. The van der Waals surface area contributed by atoms with Gasteiger partial charge in [0.05, 0.1) is 0 Å². The third-order valence-electron chi connectivity index (χ3n) is 3.61. The zero-order valence-electron chi connectivity index (χ0n) is 11.6. The third kappa shape index (κ3) is 2.93. The number of furan rings is 1. The van der Waals surface area contributed by atoms with E-state index in [4.69, 9.17) is 27.6 Å². The first kappa shape index (κ1) is 14.5. The lowest BCUT2D eigenvalue weighted by Crippen LogP contribution is -2.18. The van der Waals surface area contributed by atoms with Crippen molar-refractivity contribution in [3.05, 3.63) is 69.9 Å². The van der Waals surface area contributed by atoms with E-state index in [0.717, 1.165) is 27.1 Å². The van der Waals surface area contributed by atoms with Crippen LogP contribution in [0.1, 0.15) is 24.1 Å². The highest BCUT2D eigenvalue weighted by molar-refractivity contribution is 6.31. The van der Waals surface area contributed by atoms with Gasteiger partial charge in [-0.25, -0.2) is 0 Å². The van der Waals surface area contributed by atoms with Crippen LogP contribution in [0.25, 0.3) is 11.0 Å². The Morgan fingerprint density at radius 2 is 1.76 bits per heavy atom. The number of para-hydroxylation sites is 1. The molecule has 3 aromatic rings. The molecule has 2 nitrogen and oxygen atoms in total. The number of nitrogens with one attached hydrogen (secondary N) is 1. The minimum absolute atomic E-state index is 0.128. The van der Waals surface area contributed by atoms with Gasteiger partial charge >= 0.3 is 0 Å². The lowest BCUT2D eigenvalue weighted by atomic mass is 10.1. The summed E-state index contributed by atoms with van der Waals surface area (Å²) < 4.78 is 5.56. The van der Waals surface area contributed by atoms with Gasteiger partial charge in [-0.2, -0.15) is 0 Å². The van der Waals surface area contributed by atoms with E-state index in [1.54, 1.807) is 0 Å². The molecule has 1 unspecified atom stereocenters. The highest BCUT2D eigenvalue weighted by Gasteiger charge is 2.14. The Bertz CT molecular complexity index is 766. The fourth-order valence-electron chi connectivity index (χ4n) is 2.43. The van der Waals surface area contributed by atoms with Gasteiger partial charge in [-0.15, -0.1) is 0 Å². The molecule has 108 valence electrons. The molecule has 1 aromatic heterocycles. The van der Waals surface area contributed by atoms with Gasteiger partial charge in [0, 0.05) is 28.6 Å². The quantitative estimate of drug-likeness (QED) is 0.678. The summed E-state index contributed by atoms with van der Waals surface area (Å²) in [7, 11) is 0. The molecule has 0 aliphatic heterocycles. The van der Waals surface area contributed by atoms with Crippen LogP contribution < -0.4 is 5.32 Å². The van der Waals surface area contributed by atoms with E-state index < -0.39 is 0 Å². The summed E-state index contributed by atoms with van der Waals surface area (Å²) in [6, 6.07) is 15.8. The predicted molar refractivity (Wildman–Crippen MR) is 87.9 cm³/mol. The number of rotatable bonds is 4. The van der Waals surface area contributed by atoms with Gasteiger partial charge in [0.25, 0.3) is 0 Å². The molecule has 0 bridgehead atoms. The van der Waals surface area contributed by atoms with Crippen LogP contribution in [-0.2, 0) is 6.54 Å². The minimum atomic E-state index is 0.128. The molecule has 1 N–H and O–H groups in total. The fraction of sp³-hybridized carbons (Fsp3) is 0.176. The highest BCUT2D eigenvalue weighted by atomic mass is 35.5. The summed E-state index contributed by atoms with van der Waals surface area (Å²) in [5, 5.41) is 5.69. The zero-order chi connectivity index (χ0) is 14.8. The van der Waals surface area contributed by atoms with Crippen molar-refractivity contribution in [3.8, 4) is 0 Å². The molecule has 0 radical (unpaired) electrons. The maximum Gasteiger partial charge on any atom is 0.199 e. The van der Waals surface area contributed by atoms with Gasteiger partial charge < -0.3 is 9.73 Å². The molecule has 0 aliphatic rings. The van der Waals surface area contributed by atoms with Crippen molar-refractivity contribution in [2.24, 2.45) is 0 Å². The first-order valence-corrected chi connectivity index (χ1v) is 7.56. The molecule has 0 amide bonds. The second-order valence-corrected chi connectivity index (χ2v) is 5.73. The summed E-state index contributed by atoms with van der Waals surface area (Å²) in [4.78, 5) is 0. The van der Waals surface area contributed by atoms with Crippen LogP contribution in [0.3, 0.4) is 0 Å². The molecule has 0 saturated carbocycles. The molecule has 0 fully saturated rings. The highest BCUT2D eigenvalue weighted by Crippen LogP contribution is 2.30. The first-order valence-electron chi connectivity index (χ1n) is 6.80. The molecule has 0 spiro atoms. The lowest BCUT2D eigenvalue weighted by Gasteiger charge is -2.15. The van der Waals surface area contributed by atoms with Gasteiger partial charge in [0.1, 0.15) is 5.58 Å². The van der Waals surface area contributed by atoms with Crippen molar-refractivity contribution in [3.63, 3.8) is 0 Å². The van der Waals surface area contributed by atoms with Crippen molar-refractivity contribution in [2.45, 2.75) is 19.5 Å². The smallest absolute Gasteiger partial charge is 0.199 e. The number of hydrogen-bond acceptors (Lipinski definition) is 2. The maximum atomic E-state index is 6.22. The monoisotopic (exact) mass is 319 g/mol. The lowest BCUT2D eigenvalue weighted by molar-refractivity contribution is 0.563. The topological polar surface area (TPSA) is 25.2 Å². The van der Waals surface area contributed by atoms with Gasteiger partial charge in [-0.3, -0.25) is 0 Å². The Hall–Kier alpha value is -1.48. The zero-order valence-corrected chi connectivity index (χ0v) is 13.1. The molecule has 2 aromatic carbocycles.